The minimum absolute atomic E-state index is 0.197. The minimum Gasteiger partial charge on any atom is -0.384 e. The SMILES string of the molecule is Cc1cc(C(=O)NCc2c(C)noc2C)cc(N)n1. The number of carbonyl (C=O) groups excluding carboxylic acids is 1. The third-order valence-corrected chi connectivity index (χ3v) is 2.84. The number of rotatable bonds is 3. The number of amides is 1. The second-order valence-electron chi connectivity index (χ2n) is 4.41. The Morgan fingerprint density at radius 3 is 2.68 bits per heavy atom. The van der Waals surface area contributed by atoms with Crippen LogP contribution in [0, 0.1) is 20.8 Å². The van der Waals surface area contributed by atoms with Gasteiger partial charge in [0.15, 0.2) is 0 Å². The summed E-state index contributed by atoms with van der Waals surface area (Å²) in [6, 6.07) is 3.24. The van der Waals surface area contributed by atoms with E-state index in [0.717, 1.165) is 11.3 Å². The predicted octanol–water partition coefficient (Wildman–Crippen LogP) is 1.51. The highest BCUT2D eigenvalue weighted by molar-refractivity contribution is 5.94. The second-order valence-corrected chi connectivity index (χ2v) is 4.41. The maximum absolute atomic E-state index is 12.0. The highest BCUT2D eigenvalue weighted by Crippen LogP contribution is 2.12. The largest absolute Gasteiger partial charge is 0.384 e. The highest BCUT2D eigenvalue weighted by Gasteiger charge is 2.12. The summed E-state index contributed by atoms with van der Waals surface area (Å²) in [6.07, 6.45) is 0. The molecule has 2 rings (SSSR count). The molecule has 0 bridgehead atoms. The van der Waals surface area contributed by atoms with Crippen LogP contribution in [0.3, 0.4) is 0 Å². The molecule has 1 amide bonds. The molecule has 6 nitrogen and oxygen atoms in total. The zero-order valence-corrected chi connectivity index (χ0v) is 11.2. The van der Waals surface area contributed by atoms with E-state index in [2.05, 4.69) is 15.5 Å². The Morgan fingerprint density at radius 1 is 1.37 bits per heavy atom. The number of hydrogen-bond donors (Lipinski definition) is 2. The third kappa shape index (κ3) is 2.90. The summed E-state index contributed by atoms with van der Waals surface area (Å²) in [5, 5.41) is 6.65. The lowest BCUT2D eigenvalue weighted by Gasteiger charge is -2.06. The molecular formula is C13H16N4O2. The van der Waals surface area contributed by atoms with Gasteiger partial charge in [0.1, 0.15) is 11.6 Å². The van der Waals surface area contributed by atoms with Crippen LogP contribution in [0.25, 0.3) is 0 Å². The van der Waals surface area contributed by atoms with Crippen LogP contribution in [0.15, 0.2) is 16.7 Å². The topological polar surface area (TPSA) is 94.0 Å². The van der Waals surface area contributed by atoms with Gasteiger partial charge in [-0.1, -0.05) is 5.16 Å². The quantitative estimate of drug-likeness (QED) is 0.872. The number of aromatic nitrogens is 2. The summed E-state index contributed by atoms with van der Waals surface area (Å²) in [5.41, 5.74) is 8.50. The summed E-state index contributed by atoms with van der Waals surface area (Å²) in [6.45, 7) is 5.82. The van der Waals surface area contributed by atoms with Crippen molar-refractivity contribution in [2.75, 3.05) is 5.73 Å². The second kappa shape index (κ2) is 5.09. The normalized spacial score (nSPS) is 10.5. The summed E-state index contributed by atoms with van der Waals surface area (Å²) < 4.78 is 5.04. The molecule has 0 fully saturated rings. The van der Waals surface area contributed by atoms with E-state index in [0.29, 0.717) is 29.4 Å². The number of nitrogen functional groups attached to an aromatic ring is 1. The van der Waals surface area contributed by atoms with Crippen LogP contribution in [-0.2, 0) is 6.54 Å². The zero-order valence-electron chi connectivity index (χ0n) is 11.2. The molecule has 100 valence electrons. The highest BCUT2D eigenvalue weighted by atomic mass is 16.5. The van der Waals surface area contributed by atoms with Crippen LogP contribution in [0.5, 0.6) is 0 Å². The van der Waals surface area contributed by atoms with Crippen LogP contribution < -0.4 is 11.1 Å². The molecule has 19 heavy (non-hydrogen) atoms. The molecule has 2 aromatic rings. The fraction of sp³-hybridized carbons (Fsp3) is 0.308. The average molecular weight is 260 g/mol. The molecule has 0 aliphatic rings. The molecule has 0 radical (unpaired) electrons. The molecule has 0 aromatic carbocycles. The Kier molecular flexibility index (Phi) is 3.50. The fourth-order valence-electron chi connectivity index (χ4n) is 1.85. The van der Waals surface area contributed by atoms with Crippen molar-refractivity contribution in [3.63, 3.8) is 0 Å². The zero-order chi connectivity index (χ0) is 14.0. The van der Waals surface area contributed by atoms with Gasteiger partial charge in [0.05, 0.1) is 5.69 Å². The Morgan fingerprint density at radius 2 is 2.11 bits per heavy atom. The molecule has 0 saturated heterocycles. The van der Waals surface area contributed by atoms with Crippen LogP contribution in [0.1, 0.15) is 33.1 Å². The van der Waals surface area contributed by atoms with Crippen molar-refractivity contribution in [3.05, 3.63) is 40.4 Å². The molecule has 3 N–H and O–H groups in total. The number of anilines is 1. The maximum atomic E-state index is 12.0. The van der Waals surface area contributed by atoms with Gasteiger partial charge < -0.3 is 15.6 Å². The molecule has 0 aliphatic heterocycles. The monoisotopic (exact) mass is 260 g/mol. The first kappa shape index (κ1) is 13.1. The Bertz CT molecular complexity index is 579. The first-order valence-electron chi connectivity index (χ1n) is 5.91. The van der Waals surface area contributed by atoms with E-state index in [1.807, 2.05) is 13.8 Å². The Balaban J connectivity index is 2.09. The number of nitrogens with zero attached hydrogens (tertiary/aromatic N) is 2. The van der Waals surface area contributed by atoms with Gasteiger partial charge in [-0.05, 0) is 32.9 Å². The number of hydrogen-bond acceptors (Lipinski definition) is 5. The van der Waals surface area contributed by atoms with Crippen LogP contribution in [-0.4, -0.2) is 16.0 Å². The lowest BCUT2D eigenvalue weighted by molar-refractivity contribution is 0.0950. The van der Waals surface area contributed by atoms with Gasteiger partial charge in [0, 0.05) is 23.4 Å². The Labute approximate surface area is 111 Å². The van der Waals surface area contributed by atoms with E-state index in [1.165, 1.54) is 0 Å². The predicted molar refractivity (Wildman–Crippen MR) is 70.5 cm³/mol. The van der Waals surface area contributed by atoms with Crippen molar-refractivity contribution in [2.24, 2.45) is 0 Å². The van der Waals surface area contributed by atoms with Crippen LogP contribution in [0.2, 0.25) is 0 Å². The number of nitrogens with one attached hydrogen (secondary N) is 1. The van der Waals surface area contributed by atoms with Crippen molar-refractivity contribution in [1.29, 1.82) is 0 Å². The van der Waals surface area contributed by atoms with Crippen molar-refractivity contribution < 1.29 is 9.32 Å². The molecule has 0 aliphatic carbocycles. The lowest BCUT2D eigenvalue weighted by Crippen LogP contribution is -2.23. The average Bonchev–Trinajstić information content (AvgIpc) is 2.65. The molecule has 0 atom stereocenters. The molecule has 2 heterocycles. The van der Waals surface area contributed by atoms with Crippen LogP contribution >= 0.6 is 0 Å². The summed E-state index contributed by atoms with van der Waals surface area (Å²) in [7, 11) is 0. The van der Waals surface area contributed by atoms with Crippen molar-refractivity contribution in [2.45, 2.75) is 27.3 Å². The third-order valence-electron chi connectivity index (χ3n) is 2.84. The van der Waals surface area contributed by atoms with Gasteiger partial charge >= 0.3 is 0 Å². The molecule has 0 spiro atoms. The van der Waals surface area contributed by atoms with E-state index in [4.69, 9.17) is 10.3 Å². The standard InChI is InChI=1S/C13H16N4O2/c1-7-4-10(5-12(14)16-7)13(18)15-6-11-8(2)17-19-9(11)3/h4-5H,6H2,1-3H3,(H2,14,16)(H,15,18). The van der Waals surface area contributed by atoms with Gasteiger partial charge in [-0.25, -0.2) is 4.98 Å². The molecule has 0 saturated carbocycles. The molecule has 2 aromatic heterocycles. The molecule has 6 heteroatoms. The number of carbonyl (C=O) groups is 1. The van der Waals surface area contributed by atoms with Gasteiger partial charge in [0.2, 0.25) is 0 Å². The van der Waals surface area contributed by atoms with Gasteiger partial charge in [-0.2, -0.15) is 0 Å². The molecule has 0 unspecified atom stereocenters. The Hall–Kier alpha value is -2.37. The summed E-state index contributed by atoms with van der Waals surface area (Å²) in [5.74, 6) is 0.850. The number of nitrogens with two attached hydrogens (primary N) is 1. The van der Waals surface area contributed by atoms with E-state index < -0.39 is 0 Å². The van der Waals surface area contributed by atoms with Gasteiger partial charge in [-0.15, -0.1) is 0 Å². The molecular weight excluding hydrogens is 244 g/mol. The number of pyridine rings is 1. The summed E-state index contributed by atoms with van der Waals surface area (Å²) >= 11 is 0. The van der Waals surface area contributed by atoms with E-state index in [-0.39, 0.29) is 5.91 Å². The number of aryl methyl sites for hydroxylation is 3. The van der Waals surface area contributed by atoms with Gasteiger partial charge in [-0.3, -0.25) is 4.79 Å². The first-order chi connectivity index (χ1) is 8.97. The van der Waals surface area contributed by atoms with Crippen LogP contribution in [0.4, 0.5) is 5.82 Å². The van der Waals surface area contributed by atoms with Crippen molar-refractivity contribution >= 4 is 11.7 Å². The summed E-state index contributed by atoms with van der Waals surface area (Å²) in [4.78, 5) is 16.0. The smallest absolute Gasteiger partial charge is 0.251 e. The minimum atomic E-state index is -0.197. The van der Waals surface area contributed by atoms with Crippen molar-refractivity contribution in [1.82, 2.24) is 15.5 Å². The van der Waals surface area contributed by atoms with E-state index in [9.17, 15) is 4.79 Å². The van der Waals surface area contributed by atoms with E-state index >= 15 is 0 Å². The fourth-order valence-corrected chi connectivity index (χ4v) is 1.85. The maximum Gasteiger partial charge on any atom is 0.251 e. The first-order valence-corrected chi connectivity index (χ1v) is 5.91. The lowest BCUT2D eigenvalue weighted by atomic mass is 10.2. The van der Waals surface area contributed by atoms with E-state index in [1.54, 1.807) is 19.1 Å². The van der Waals surface area contributed by atoms with Gasteiger partial charge in [0.25, 0.3) is 5.91 Å². The van der Waals surface area contributed by atoms with Crippen molar-refractivity contribution in [3.8, 4) is 0 Å².